The van der Waals surface area contributed by atoms with Crippen LogP contribution >= 0.6 is 0 Å². The molecule has 1 heterocycles. The van der Waals surface area contributed by atoms with Crippen LogP contribution in [-0.2, 0) is 6.42 Å². The molecule has 102 valence electrons. The van der Waals surface area contributed by atoms with Crippen molar-refractivity contribution in [3.63, 3.8) is 0 Å². The topological polar surface area (TPSA) is 53.6 Å². The van der Waals surface area contributed by atoms with E-state index in [0.29, 0.717) is 18.0 Å². The standard InChI is InChI=1S/C15H22N4/c1-11-10-12-4-2-3-5-14(12)19(11)9-8-17-15(16)18-13-6-7-13/h2-5,11,13H,6-10H2,1H3,(H3,16,17,18). The van der Waals surface area contributed by atoms with E-state index in [2.05, 4.69) is 46.4 Å². The Kier molecular flexibility index (Phi) is 3.32. The Hall–Kier alpha value is -1.71. The van der Waals surface area contributed by atoms with Gasteiger partial charge in [0, 0.05) is 24.3 Å². The quantitative estimate of drug-likeness (QED) is 0.636. The molecule has 0 radical (unpaired) electrons. The molecular formula is C15H22N4. The number of nitrogens with zero attached hydrogens (tertiary/aromatic N) is 2. The maximum absolute atomic E-state index is 5.85. The SMILES string of the molecule is CC1Cc2ccccc2N1CCN=C(N)NC1CC1. The highest BCUT2D eigenvalue weighted by Gasteiger charge is 2.25. The van der Waals surface area contributed by atoms with Crippen LogP contribution in [0.25, 0.3) is 0 Å². The molecule has 4 nitrogen and oxygen atoms in total. The van der Waals surface area contributed by atoms with Gasteiger partial charge in [-0.05, 0) is 37.8 Å². The molecule has 2 aliphatic rings. The normalized spacial score (nSPS) is 22.5. The Balaban J connectivity index is 1.57. The minimum absolute atomic E-state index is 0.560. The maximum atomic E-state index is 5.85. The summed E-state index contributed by atoms with van der Waals surface area (Å²) >= 11 is 0. The molecular weight excluding hydrogens is 236 g/mol. The molecule has 0 bridgehead atoms. The predicted octanol–water partition coefficient (Wildman–Crippen LogP) is 1.50. The van der Waals surface area contributed by atoms with E-state index in [4.69, 9.17) is 5.73 Å². The van der Waals surface area contributed by atoms with Crippen LogP contribution in [0.2, 0.25) is 0 Å². The van der Waals surface area contributed by atoms with Crippen LogP contribution < -0.4 is 16.0 Å². The summed E-state index contributed by atoms with van der Waals surface area (Å²) < 4.78 is 0. The van der Waals surface area contributed by atoms with Gasteiger partial charge in [0.2, 0.25) is 0 Å². The van der Waals surface area contributed by atoms with Crippen molar-refractivity contribution >= 4 is 11.6 Å². The van der Waals surface area contributed by atoms with Gasteiger partial charge < -0.3 is 16.0 Å². The van der Waals surface area contributed by atoms with Crippen LogP contribution in [0.5, 0.6) is 0 Å². The zero-order valence-electron chi connectivity index (χ0n) is 11.5. The summed E-state index contributed by atoms with van der Waals surface area (Å²) in [4.78, 5) is 6.85. The van der Waals surface area contributed by atoms with E-state index in [1.165, 1.54) is 24.1 Å². The Bertz CT molecular complexity index is 479. The summed E-state index contributed by atoms with van der Waals surface area (Å²) in [5.74, 6) is 0.600. The number of aliphatic imine (C=N–C) groups is 1. The van der Waals surface area contributed by atoms with Crippen molar-refractivity contribution in [2.45, 2.75) is 38.3 Å². The van der Waals surface area contributed by atoms with Crippen LogP contribution in [0, 0.1) is 0 Å². The lowest BCUT2D eigenvalue weighted by atomic mass is 10.1. The van der Waals surface area contributed by atoms with Crippen molar-refractivity contribution in [2.75, 3.05) is 18.0 Å². The Labute approximate surface area is 114 Å². The number of nitrogens with one attached hydrogen (secondary N) is 1. The summed E-state index contributed by atoms with van der Waals surface area (Å²) in [7, 11) is 0. The molecule has 4 heteroatoms. The molecule has 0 saturated heterocycles. The number of guanidine groups is 1. The molecule has 1 aromatic rings. The highest BCUT2D eigenvalue weighted by Crippen LogP contribution is 2.31. The van der Waals surface area contributed by atoms with Crippen LogP contribution in [0.15, 0.2) is 29.3 Å². The number of nitrogens with two attached hydrogens (primary N) is 1. The van der Waals surface area contributed by atoms with E-state index in [-0.39, 0.29) is 0 Å². The second-order valence-electron chi connectivity index (χ2n) is 5.56. The lowest BCUT2D eigenvalue weighted by molar-refractivity contribution is 0.673. The fraction of sp³-hybridized carbons (Fsp3) is 0.533. The van der Waals surface area contributed by atoms with Gasteiger partial charge in [-0.3, -0.25) is 4.99 Å². The van der Waals surface area contributed by atoms with Gasteiger partial charge in [0.25, 0.3) is 0 Å². The first kappa shape index (κ1) is 12.3. The average molecular weight is 258 g/mol. The van der Waals surface area contributed by atoms with E-state index < -0.39 is 0 Å². The summed E-state index contributed by atoms with van der Waals surface area (Å²) in [5.41, 5.74) is 8.66. The second kappa shape index (κ2) is 5.11. The molecule has 1 aliphatic heterocycles. The molecule has 0 aromatic heterocycles. The van der Waals surface area contributed by atoms with Crippen LogP contribution in [-0.4, -0.2) is 31.1 Å². The molecule has 1 atom stereocenters. The lowest BCUT2D eigenvalue weighted by Crippen LogP contribution is -2.35. The largest absolute Gasteiger partial charge is 0.370 e. The summed E-state index contributed by atoms with van der Waals surface area (Å²) in [6.07, 6.45) is 3.59. The van der Waals surface area contributed by atoms with Gasteiger partial charge >= 0.3 is 0 Å². The van der Waals surface area contributed by atoms with Crippen molar-refractivity contribution < 1.29 is 0 Å². The fourth-order valence-corrected chi connectivity index (χ4v) is 2.73. The molecule has 3 N–H and O–H groups in total. The van der Waals surface area contributed by atoms with Crippen LogP contribution in [0.3, 0.4) is 0 Å². The first-order valence-corrected chi connectivity index (χ1v) is 7.15. The molecule has 0 amide bonds. The number of benzene rings is 1. The van der Waals surface area contributed by atoms with Gasteiger partial charge in [0.15, 0.2) is 5.96 Å². The number of para-hydroxylation sites is 1. The minimum atomic E-state index is 0.560. The summed E-state index contributed by atoms with van der Waals surface area (Å²) in [6.45, 7) is 3.96. The van der Waals surface area contributed by atoms with E-state index in [1.807, 2.05) is 0 Å². The zero-order valence-corrected chi connectivity index (χ0v) is 11.5. The van der Waals surface area contributed by atoms with E-state index >= 15 is 0 Å². The fourth-order valence-electron chi connectivity index (χ4n) is 2.73. The zero-order chi connectivity index (χ0) is 13.2. The van der Waals surface area contributed by atoms with Crippen molar-refractivity contribution in [2.24, 2.45) is 10.7 Å². The second-order valence-corrected chi connectivity index (χ2v) is 5.56. The van der Waals surface area contributed by atoms with Crippen molar-refractivity contribution in [1.29, 1.82) is 0 Å². The molecule has 1 aromatic carbocycles. The minimum Gasteiger partial charge on any atom is -0.370 e. The van der Waals surface area contributed by atoms with E-state index in [0.717, 1.165) is 19.5 Å². The Morgan fingerprint density at radius 3 is 3.00 bits per heavy atom. The maximum Gasteiger partial charge on any atom is 0.188 e. The van der Waals surface area contributed by atoms with Crippen molar-refractivity contribution in [1.82, 2.24) is 5.32 Å². The highest BCUT2D eigenvalue weighted by molar-refractivity contribution is 5.78. The first-order chi connectivity index (χ1) is 9.24. The van der Waals surface area contributed by atoms with Gasteiger partial charge in [-0.1, -0.05) is 18.2 Å². The molecule has 1 unspecified atom stereocenters. The first-order valence-electron chi connectivity index (χ1n) is 7.15. The summed E-state index contributed by atoms with van der Waals surface area (Å²) in [6, 6.07) is 9.79. The van der Waals surface area contributed by atoms with E-state index in [1.54, 1.807) is 0 Å². The molecule has 1 aliphatic carbocycles. The molecule has 1 fully saturated rings. The third kappa shape index (κ3) is 2.83. The van der Waals surface area contributed by atoms with Crippen molar-refractivity contribution in [3.05, 3.63) is 29.8 Å². The monoisotopic (exact) mass is 258 g/mol. The van der Waals surface area contributed by atoms with Gasteiger partial charge in [-0.2, -0.15) is 0 Å². The Morgan fingerprint density at radius 2 is 2.21 bits per heavy atom. The third-order valence-electron chi connectivity index (χ3n) is 3.90. The van der Waals surface area contributed by atoms with Crippen LogP contribution in [0.4, 0.5) is 5.69 Å². The number of hydrogen-bond acceptors (Lipinski definition) is 2. The van der Waals surface area contributed by atoms with Gasteiger partial charge in [0.1, 0.15) is 0 Å². The molecule has 3 rings (SSSR count). The van der Waals surface area contributed by atoms with Crippen molar-refractivity contribution in [3.8, 4) is 0 Å². The molecule has 0 spiro atoms. The third-order valence-corrected chi connectivity index (χ3v) is 3.90. The summed E-state index contributed by atoms with van der Waals surface area (Å²) in [5, 5.41) is 3.22. The van der Waals surface area contributed by atoms with Gasteiger partial charge in [-0.25, -0.2) is 0 Å². The number of hydrogen-bond donors (Lipinski definition) is 2. The molecule has 1 saturated carbocycles. The van der Waals surface area contributed by atoms with Crippen LogP contribution in [0.1, 0.15) is 25.3 Å². The van der Waals surface area contributed by atoms with Gasteiger partial charge in [-0.15, -0.1) is 0 Å². The van der Waals surface area contributed by atoms with Gasteiger partial charge in [0.05, 0.1) is 6.54 Å². The molecule has 19 heavy (non-hydrogen) atoms. The Morgan fingerprint density at radius 1 is 1.42 bits per heavy atom. The van der Waals surface area contributed by atoms with E-state index in [9.17, 15) is 0 Å². The number of fused-ring (bicyclic) bond motifs is 1. The smallest absolute Gasteiger partial charge is 0.188 e. The lowest BCUT2D eigenvalue weighted by Gasteiger charge is -2.24. The highest BCUT2D eigenvalue weighted by atomic mass is 15.2. The number of rotatable bonds is 4. The number of anilines is 1. The predicted molar refractivity (Wildman–Crippen MR) is 79.6 cm³/mol. The average Bonchev–Trinajstić information content (AvgIpc) is 3.14.